The molecule has 1 heterocycles. The number of primary amides is 1. The van der Waals surface area contributed by atoms with E-state index in [0.29, 0.717) is 26.4 Å². The zero-order valence-electron chi connectivity index (χ0n) is 14.7. The number of ether oxygens (including phenoxy) is 2. The summed E-state index contributed by atoms with van der Waals surface area (Å²) in [6.45, 7) is 8.16. The van der Waals surface area contributed by atoms with Crippen LogP contribution in [-0.4, -0.2) is 38.4 Å². The van der Waals surface area contributed by atoms with Gasteiger partial charge in [0.25, 0.3) is 5.91 Å². The number of nitrogens with two attached hydrogens (primary N) is 1. The summed E-state index contributed by atoms with van der Waals surface area (Å²) in [6, 6.07) is 14.8. The number of benzene rings is 2. The Labute approximate surface area is 148 Å². The van der Waals surface area contributed by atoms with Gasteiger partial charge in [-0.15, -0.1) is 0 Å². The average molecular weight is 342 g/mol. The number of nitrogens with one attached hydrogen (secondary N) is 1. The van der Waals surface area contributed by atoms with Crippen LogP contribution < -0.4 is 11.1 Å². The van der Waals surface area contributed by atoms with Gasteiger partial charge in [-0.1, -0.05) is 49.0 Å². The lowest BCUT2D eigenvalue weighted by atomic mass is 10.1. The molecule has 1 aliphatic rings. The van der Waals surface area contributed by atoms with Gasteiger partial charge in [-0.3, -0.25) is 4.79 Å². The van der Waals surface area contributed by atoms with Crippen molar-refractivity contribution in [1.29, 1.82) is 0 Å². The maximum atomic E-state index is 10.6. The van der Waals surface area contributed by atoms with Gasteiger partial charge in [0.15, 0.2) is 0 Å². The largest absolute Gasteiger partial charge is 0.381 e. The molecule has 25 heavy (non-hydrogen) atoms. The van der Waals surface area contributed by atoms with E-state index in [1.54, 1.807) is 0 Å². The number of hydrogen-bond acceptors (Lipinski definition) is 4. The first-order valence-corrected chi connectivity index (χ1v) is 8.44. The Morgan fingerprint density at radius 3 is 2.68 bits per heavy atom. The van der Waals surface area contributed by atoms with E-state index in [4.69, 9.17) is 15.2 Å². The van der Waals surface area contributed by atoms with Crippen LogP contribution in [0.25, 0.3) is 10.8 Å². The molecule has 1 unspecified atom stereocenters. The summed E-state index contributed by atoms with van der Waals surface area (Å²) >= 11 is 0. The van der Waals surface area contributed by atoms with E-state index in [-0.39, 0.29) is 11.8 Å². The minimum absolute atomic E-state index is 0.108. The van der Waals surface area contributed by atoms with Crippen molar-refractivity contribution >= 4 is 16.7 Å². The molecular formula is C20H26N2O3. The van der Waals surface area contributed by atoms with Crippen molar-refractivity contribution in [2.45, 2.75) is 19.4 Å². The summed E-state index contributed by atoms with van der Waals surface area (Å²) in [5, 5.41) is 5.51. The molecule has 3 rings (SSSR count). The normalized spacial score (nSPS) is 16.6. The Bertz CT molecular complexity index is 704. The Kier molecular flexibility index (Phi) is 7.44. The van der Waals surface area contributed by atoms with E-state index < -0.39 is 5.91 Å². The first-order valence-electron chi connectivity index (χ1n) is 8.44. The third-order valence-corrected chi connectivity index (χ3v) is 3.99. The van der Waals surface area contributed by atoms with Crippen LogP contribution in [0.1, 0.15) is 12.0 Å². The highest BCUT2D eigenvalue weighted by Crippen LogP contribution is 2.16. The van der Waals surface area contributed by atoms with Crippen LogP contribution in [0.15, 0.2) is 54.7 Å². The third kappa shape index (κ3) is 6.21. The number of carbonyl (C=O) groups is 1. The van der Waals surface area contributed by atoms with Gasteiger partial charge in [0.1, 0.15) is 0 Å². The Morgan fingerprint density at radius 1 is 1.24 bits per heavy atom. The second-order valence-corrected chi connectivity index (χ2v) is 5.92. The number of carbonyl (C=O) groups excluding carboxylic acids is 1. The fourth-order valence-corrected chi connectivity index (χ4v) is 2.56. The lowest BCUT2D eigenvalue weighted by Crippen LogP contribution is -2.33. The van der Waals surface area contributed by atoms with Gasteiger partial charge in [-0.25, -0.2) is 0 Å². The zero-order valence-corrected chi connectivity index (χ0v) is 14.7. The second kappa shape index (κ2) is 9.81. The molecule has 5 heteroatoms. The van der Waals surface area contributed by atoms with Crippen molar-refractivity contribution in [1.82, 2.24) is 5.32 Å². The molecule has 0 aliphatic carbocycles. The first kappa shape index (κ1) is 19.0. The SMILES string of the molecule is C=C(NCCC1COCCO1)C(N)=O.Cc1cccc2ccccc12. The Hall–Kier alpha value is -2.37. The van der Waals surface area contributed by atoms with Crippen LogP contribution in [0.2, 0.25) is 0 Å². The van der Waals surface area contributed by atoms with Gasteiger partial charge < -0.3 is 20.5 Å². The molecule has 3 N–H and O–H groups in total. The van der Waals surface area contributed by atoms with Crippen LogP contribution in [-0.2, 0) is 14.3 Å². The van der Waals surface area contributed by atoms with E-state index in [1.807, 2.05) is 0 Å². The quantitative estimate of drug-likeness (QED) is 0.819. The Morgan fingerprint density at radius 2 is 2.00 bits per heavy atom. The monoisotopic (exact) mass is 342 g/mol. The maximum absolute atomic E-state index is 10.6. The van der Waals surface area contributed by atoms with Crippen LogP contribution in [0.3, 0.4) is 0 Å². The van der Waals surface area contributed by atoms with Gasteiger partial charge in [0.05, 0.1) is 31.6 Å². The molecule has 0 bridgehead atoms. The fraction of sp³-hybridized carbons (Fsp3) is 0.350. The van der Waals surface area contributed by atoms with Crippen LogP contribution >= 0.6 is 0 Å². The smallest absolute Gasteiger partial charge is 0.264 e. The molecule has 0 radical (unpaired) electrons. The first-order chi connectivity index (χ1) is 12.1. The zero-order chi connectivity index (χ0) is 18.1. The number of aryl methyl sites for hydroxylation is 1. The van der Waals surface area contributed by atoms with Crippen LogP contribution in [0, 0.1) is 6.92 Å². The van der Waals surface area contributed by atoms with Crippen molar-refractivity contribution in [2.24, 2.45) is 5.73 Å². The predicted molar refractivity (Wildman–Crippen MR) is 100 cm³/mol. The minimum Gasteiger partial charge on any atom is -0.381 e. The van der Waals surface area contributed by atoms with Crippen LogP contribution in [0.5, 0.6) is 0 Å². The number of fused-ring (bicyclic) bond motifs is 1. The molecule has 1 fully saturated rings. The molecule has 0 spiro atoms. The van der Waals surface area contributed by atoms with E-state index in [2.05, 4.69) is 61.3 Å². The highest BCUT2D eigenvalue weighted by Gasteiger charge is 2.13. The summed E-state index contributed by atoms with van der Waals surface area (Å²) in [7, 11) is 0. The summed E-state index contributed by atoms with van der Waals surface area (Å²) in [4.78, 5) is 10.6. The molecule has 2 aromatic rings. The van der Waals surface area contributed by atoms with Crippen molar-refractivity contribution in [3.05, 3.63) is 60.3 Å². The fourth-order valence-electron chi connectivity index (χ4n) is 2.56. The van der Waals surface area contributed by atoms with Gasteiger partial charge in [-0.05, 0) is 29.7 Å². The van der Waals surface area contributed by atoms with Crippen molar-refractivity contribution in [2.75, 3.05) is 26.4 Å². The van der Waals surface area contributed by atoms with Crippen LogP contribution in [0.4, 0.5) is 0 Å². The maximum Gasteiger partial charge on any atom is 0.264 e. The molecule has 1 atom stereocenters. The van der Waals surface area contributed by atoms with Crippen molar-refractivity contribution in [3.8, 4) is 0 Å². The second-order valence-electron chi connectivity index (χ2n) is 5.92. The topological polar surface area (TPSA) is 73.6 Å². The molecule has 5 nitrogen and oxygen atoms in total. The van der Waals surface area contributed by atoms with Crippen molar-refractivity contribution in [3.63, 3.8) is 0 Å². The minimum atomic E-state index is -0.522. The molecule has 1 saturated heterocycles. The number of amides is 1. The average Bonchev–Trinajstić information content (AvgIpc) is 2.63. The lowest BCUT2D eigenvalue weighted by Gasteiger charge is -2.23. The predicted octanol–water partition coefficient (Wildman–Crippen LogP) is 2.53. The summed E-state index contributed by atoms with van der Waals surface area (Å²) in [6.07, 6.45) is 0.892. The standard InChI is InChI=1S/C11H10.C9H16N2O3/c1-9-5-4-7-10-6-2-3-8-11(9)10;1-7(9(10)12)11-3-2-8-6-13-4-5-14-8/h2-8H,1H3;8,11H,1-6H2,(H2,10,12). The molecular weight excluding hydrogens is 316 g/mol. The number of hydrogen-bond donors (Lipinski definition) is 2. The van der Waals surface area contributed by atoms with Gasteiger partial charge in [0.2, 0.25) is 0 Å². The molecule has 134 valence electrons. The van der Waals surface area contributed by atoms with E-state index in [0.717, 1.165) is 6.42 Å². The molecule has 0 aromatic heterocycles. The molecule has 0 saturated carbocycles. The summed E-state index contributed by atoms with van der Waals surface area (Å²) in [5.41, 5.74) is 6.59. The highest BCUT2D eigenvalue weighted by molar-refractivity contribution is 5.90. The summed E-state index contributed by atoms with van der Waals surface area (Å²) < 4.78 is 10.6. The van der Waals surface area contributed by atoms with E-state index >= 15 is 0 Å². The van der Waals surface area contributed by atoms with Crippen molar-refractivity contribution < 1.29 is 14.3 Å². The van der Waals surface area contributed by atoms with E-state index in [9.17, 15) is 4.79 Å². The molecule has 1 amide bonds. The third-order valence-electron chi connectivity index (χ3n) is 3.99. The van der Waals surface area contributed by atoms with Gasteiger partial charge >= 0.3 is 0 Å². The van der Waals surface area contributed by atoms with Gasteiger partial charge in [0, 0.05) is 6.54 Å². The highest BCUT2D eigenvalue weighted by atomic mass is 16.6. The number of rotatable bonds is 5. The summed E-state index contributed by atoms with van der Waals surface area (Å²) in [5.74, 6) is -0.522. The lowest BCUT2D eigenvalue weighted by molar-refractivity contribution is -0.115. The Balaban J connectivity index is 0.000000185. The van der Waals surface area contributed by atoms with Gasteiger partial charge in [-0.2, -0.15) is 0 Å². The molecule has 2 aromatic carbocycles. The van der Waals surface area contributed by atoms with E-state index in [1.165, 1.54) is 16.3 Å². The molecule has 1 aliphatic heterocycles.